The number of hydrogen-bond donors (Lipinski definition) is 4. The van der Waals surface area contributed by atoms with Gasteiger partial charge in [-0.15, -0.1) is 0 Å². The van der Waals surface area contributed by atoms with E-state index in [0.29, 0.717) is 46.8 Å². The molecule has 0 aliphatic heterocycles. The number of carboxylic acids is 1. The first-order valence-electron chi connectivity index (χ1n) is 10.8. The number of sulfone groups is 1. The van der Waals surface area contributed by atoms with E-state index in [4.69, 9.17) is 10.2 Å². The fraction of sp³-hybridized carbons (Fsp3) is 0.250. The monoisotopic (exact) mass is 500 g/mol. The largest absolute Gasteiger partial charge is 0.477 e. The van der Waals surface area contributed by atoms with Crippen LogP contribution < -0.4 is 11.1 Å². The van der Waals surface area contributed by atoms with E-state index in [1.807, 2.05) is 13.0 Å². The first-order chi connectivity index (χ1) is 16.6. The van der Waals surface area contributed by atoms with Gasteiger partial charge in [-0.25, -0.2) is 22.6 Å². The minimum atomic E-state index is -3.43. The maximum atomic E-state index is 14.8. The Morgan fingerprint density at radius 1 is 1.31 bits per heavy atom. The normalized spacial score (nSPS) is 12.7. The summed E-state index contributed by atoms with van der Waals surface area (Å²) in [7, 11) is -3.43. The number of oxazole rings is 1. The molecular weight excluding hydrogens is 475 g/mol. The van der Waals surface area contributed by atoms with Gasteiger partial charge in [-0.05, 0) is 30.7 Å². The minimum absolute atomic E-state index is 0.0198. The predicted molar refractivity (Wildman–Crippen MR) is 130 cm³/mol. The van der Waals surface area contributed by atoms with E-state index in [0.717, 1.165) is 17.9 Å². The topological polar surface area (TPSA) is 151 Å². The SMILES string of the molecule is CC(Nc1ncc(CCN)o1)c1cccc2c(-c3ccc(CS(C)(=O)=O)c(F)c3)c(C(=O)O)[nH]c12. The number of benzene rings is 2. The zero-order chi connectivity index (χ0) is 25.3. The average molecular weight is 501 g/mol. The average Bonchev–Trinajstić information content (AvgIpc) is 3.38. The van der Waals surface area contributed by atoms with Gasteiger partial charge in [0.05, 0.1) is 23.5 Å². The van der Waals surface area contributed by atoms with Crippen LogP contribution in [0.4, 0.5) is 10.4 Å². The van der Waals surface area contributed by atoms with Crippen molar-refractivity contribution in [3.63, 3.8) is 0 Å². The molecule has 0 fully saturated rings. The first kappa shape index (κ1) is 24.4. The summed E-state index contributed by atoms with van der Waals surface area (Å²) >= 11 is 0. The van der Waals surface area contributed by atoms with Gasteiger partial charge in [0.2, 0.25) is 0 Å². The summed E-state index contributed by atoms with van der Waals surface area (Å²) in [6.45, 7) is 2.31. The fourth-order valence-electron chi connectivity index (χ4n) is 4.06. The molecule has 2 aromatic carbocycles. The van der Waals surface area contributed by atoms with Crippen molar-refractivity contribution in [1.82, 2.24) is 9.97 Å². The van der Waals surface area contributed by atoms with E-state index in [-0.39, 0.29) is 17.3 Å². The number of aromatic nitrogens is 2. The Bertz CT molecular complexity index is 1510. The van der Waals surface area contributed by atoms with Crippen LogP contribution in [0.1, 0.15) is 40.3 Å². The lowest BCUT2D eigenvalue weighted by molar-refractivity contribution is 0.0692. The molecule has 1 unspecified atom stereocenters. The van der Waals surface area contributed by atoms with Crippen molar-refractivity contribution >= 4 is 32.7 Å². The molecule has 0 radical (unpaired) electrons. The Labute approximate surface area is 201 Å². The van der Waals surface area contributed by atoms with Gasteiger partial charge in [-0.3, -0.25) is 0 Å². The summed E-state index contributed by atoms with van der Waals surface area (Å²) in [5.41, 5.74) is 7.42. The van der Waals surface area contributed by atoms with Gasteiger partial charge in [-0.1, -0.05) is 30.3 Å². The number of carboxylic acid groups (broad SMARTS) is 1. The molecule has 0 aliphatic carbocycles. The maximum absolute atomic E-state index is 14.8. The van der Waals surface area contributed by atoms with Gasteiger partial charge >= 0.3 is 5.97 Å². The van der Waals surface area contributed by atoms with Crippen molar-refractivity contribution < 1.29 is 27.1 Å². The maximum Gasteiger partial charge on any atom is 0.352 e. The molecule has 184 valence electrons. The molecule has 9 nitrogen and oxygen atoms in total. The van der Waals surface area contributed by atoms with Gasteiger partial charge in [0.25, 0.3) is 6.01 Å². The van der Waals surface area contributed by atoms with Crippen molar-refractivity contribution in [3.05, 3.63) is 71.0 Å². The number of H-pyrrole nitrogens is 1. The summed E-state index contributed by atoms with van der Waals surface area (Å²) in [6.07, 6.45) is 3.18. The molecule has 0 aliphatic rings. The van der Waals surface area contributed by atoms with Crippen LogP contribution in [0.2, 0.25) is 0 Å². The van der Waals surface area contributed by atoms with E-state index < -0.39 is 27.4 Å². The number of aromatic amines is 1. The lowest BCUT2D eigenvalue weighted by Gasteiger charge is -2.14. The van der Waals surface area contributed by atoms with E-state index >= 15 is 0 Å². The van der Waals surface area contributed by atoms with Crippen LogP contribution >= 0.6 is 0 Å². The second kappa shape index (κ2) is 9.51. The summed E-state index contributed by atoms with van der Waals surface area (Å²) in [5, 5.41) is 13.6. The number of nitrogens with zero attached hydrogens (tertiary/aromatic N) is 1. The van der Waals surface area contributed by atoms with E-state index in [9.17, 15) is 22.7 Å². The van der Waals surface area contributed by atoms with Crippen LogP contribution in [-0.2, 0) is 22.0 Å². The van der Waals surface area contributed by atoms with Gasteiger partial charge in [0, 0.05) is 29.2 Å². The number of para-hydroxylation sites is 1. The number of nitrogens with two attached hydrogens (primary N) is 1. The van der Waals surface area contributed by atoms with E-state index in [1.54, 1.807) is 18.3 Å². The van der Waals surface area contributed by atoms with E-state index in [1.165, 1.54) is 12.1 Å². The zero-order valence-electron chi connectivity index (χ0n) is 19.1. The number of fused-ring (bicyclic) bond motifs is 1. The van der Waals surface area contributed by atoms with Crippen LogP contribution in [0.15, 0.2) is 47.0 Å². The fourth-order valence-corrected chi connectivity index (χ4v) is 4.86. The molecule has 0 saturated heterocycles. The van der Waals surface area contributed by atoms with Crippen molar-refractivity contribution in [2.75, 3.05) is 18.1 Å². The third kappa shape index (κ3) is 5.20. The summed E-state index contributed by atoms with van der Waals surface area (Å²) in [6, 6.07) is 9.42. The van der Waals surface area contributed by atoms with E-state index in [2.05, 4.69) is 15.3 Å². The molecule has 0 saturated carbocycles. The Kier molecular flexibility index (Phi) is 6.64. The summed E-state index contributed by atoms with van der Waals surface area (Å²) < 4.78 is 43.5. The first-order valence-corrected chi connectivity index (χ1v) is 12.9. The molecular formula is C24H25FN4O5S. The van der Waals surface area contributed by atoms with Crippen LogP contribution in [-0.4, -0.2) is 42.3 Å². The quantitative estimate of drug-likeness (QED) is 0.270. The predicted octanol–water partition coefficient (Wildman–Crippen LogP) is 3.88. The molecule has 2 heterocycles. The van der Waals surface area contributed by atoms with Crippen molar-refractivity contribution in [3.8, 4) is 11.1 Å². The number of anilines is 1. The number of nitrogens with one attached hydrogen (secondary N) is 2. The molecule has 35 heavy (non-hydrogen) atoms. The van der Waals surface area contributed by atoms with Crippen LogP contribution in [0.5, 0.6) is 0 Å². The highest BCUT2D eigenvalue weighted by molar-refractivity contribution is 7.89. The van der Waals surface area contributed by atoms with Crippen LogP contribution in [0.25, 0.3) is 22.0 Å². The number of halogens is 1. The Balaban J connectivity index is 1.77. The molecule has 0 spiro atoms. The number of hydrogen-bond acceptors (Lipinski definition) is 7. The highest BCUT2D eigenvalue weighted by Gasteiger charge is 2.23. The molecule has 0 amide bonds. The molecule has 5 N–H and O–H groups in total. The molecule has 2 aromatic heterocycles. The van der Waals surface area contributed by atoms with Crippen molar-refractivity contribution in [1.29, 1.82) is 0 Å². The highest BCUT2D eigenvalue weighted by Crippen LogP contribution is 2.37. The zero-order valence-corrected chi connectivity index (χ0v) is 19.9. The molecule has 4 aromatic rings. The van der Waals surface area contributed by atoms with Gasteiger partial charge < -0.3 is 25.6 Å². The highest BCUT2D eigenvalue weighted by atomic mass is 32.2. The molecule has 1 atom stereocenters. The van der Waals surface area contributed by atoms with Crippen molar-refractivity contribution in [2.24, 2.45) is 5.73 Å². The number of aromatic carboxylic acids is 1. The van der Waals surface area contributed by atoms with Crippen molar-refractivity contribution in [2.45, 2.75) is 25.1 Å². The number of rotatable bonds is 9. The smallest absolute Gasteiger partial charge is 0.352 e. The van der Waals surface area contributed by atoms with Gasteiger partial charge in [0.1, 0.15) is 17.3 Å². The van der Waals surface area contributed by atoms with Gasteiger partial charge in [0.15, 0.2) is 9.84 Å². The van der Waals surface area contributed by atoms with Crippen LogP contribution in [0, 0.1) is 5.82 Å². The molecule has 0 bridgehead atoms. The second-order valence-electron chi connectivity index (χ2n) is 8.36. The van der Waals surface area contributed by atoms with Crippen LogP contribution in [0.3, 0.4) is 0 Å². The Hall–Kier alpha value is -3.70. The number of carbonyl (C=O) groups is 1. The summed E-state index contributed by atoms with van der Waals surface area (Å²) in [5.74, 6) is -1.72. The molecule has 11 heteroatoms. The Morgan fingerprint density at radius 2 is 2.09 bits per heavy atom. The third-order valence-corrected chi connectivity index (χ3v) is 6.43. The summed E-state index contributed by atoms with van der Waals surface area (Å²) in [4.78, 5) is 19.3. The minimum Gasteiger partial charge on any atom is -0.477 e. The lowest BCUT2D eigenvalue weighted by atomic mass is 9.98. The molecule has 4 rings (SSSR count). The second-order valence-corrected chi connectivity index (χ2v) is 10.5. The van der Waals surface area contributed by atoms with Gasteiger partial charge in [-0.2, -0.15) is 0 Å². The lowest BCUT2D eigenvalue weighted by Crippen LogP contribution is -2.07. The third-order valence-electron chi connectivity index (χ3n) is 5.59. The standard InChI is InChI=1S/C24H25FN4O5S/c1-13(28-24-27-11-16(34-24)8-9-26)17-4-3-5-18-20(22(23(30)31)29-21(17)18)14-6-7-15(19(25)10-14)12-35(2,32)33/h3-7,10-11,13,29H,8-9,12,26H2,1-2H3,(H,27,28)(H,30,31). The Morgan fingerprint density at radius 3 is 2.74 bits per heavy atom.